The van der Waals surface area contributed by atoms with E-state index in [4.69, 9.17) is 17.0 Å². The lowest BCUT2D eigenvalue weighted by Gasteiger charge is -2.11. The molecule has 0 aliphatic heterocycles. The number of ether oxygens (including phenoxy) is 1. The van der Waals surface area contributed by atoms with E-state index in [1.807, 2.05) is 5.38 Å². The van der Waals surface area contributed by atoms with Gasteiger partial charge in [0.15, 0.2) is 10.2 Å². The fraction of sp³-hybridized carbons (Fsp3) is 0.312. The lowest BCUT2D eigenvalue weighted by atomic mass is 10.1. The van der Waals surface area contributed by atoms with Gasteiger partial charge in [-0.25, -0.2) is 4.98 Å². The second kappa shape index (κ2) is 9.10. The molecule has 0 saturated heterocycles. The van der Waals surface area contributed by atoms with Crippen LogP contribution in [-0.2, 0) is 0 Å². The highest BCUT2D eigenvalue weighted by Gasteiger charge is 2.11. The van der Waals surface area contributed by atoms with Gasteiger partial charge in [0.25, 0.3) is 5.91 Å². The maximum absolute atomic E-state index is 12.2. The minimum atomic E-state index is -0.293. The van der Waals surface area contributed by atoms with Crippen molar-refractivity contribution in [1.82, 2.24) is 10.3 Å². The van der Waals surface area contributed by atoms with Crippen molar-refractivity contribution in [2.24, 2.45) is 5.92 Å². The molecule has 0 aliphatic rings. The molecule has 0 radical (unpaired) electrons. The third-order valence-corrected chi connectivity index (χ3v) is 4.54. The van der Waals surface area contributed by atoms with Gasteiger partial charge in [-0.2, -0.15) is 0 Å². The number of thiazole rings is 1. The van der Waals surface area contributed by atoms with Crippen LogP contribution < -0.4 is 15.4 Å². The van der Waals surface area contributed by atoms with Crippen LogP contribution >= 0.6 is 39.5 Å². The summed E-state index contributed by atoms with van der Waals surface area (Å²) in [7, 11) is 0. The van der Waals surface area contributed by atoms with E-state index in [9.17, 15) is 4.79 Å². The van der Waals surface area contributed by atoms with Gasteiger partial charge in [-0.1, -0.05) is 13.8 Å². The fourth-order valence-corrected chi connectivity index (χ4v) is 3.03. The van der Waals surface area contributed by atoms with E-state index in [0.29, 0.717) is 23.2 Å². The van der Waals surface area contributed by atoms with Crippen LogP contribution in [0, 0.1) is 5.92 Å². The van der Waals surface area contributed by atoms with Crippen molar-refractivity contribution < 1.29 is 9.53 Å². The van der Waals surface area contributed by atoms with Gasteiger partial charge >= 0.3 is 0 Å². The van der Waals surface area contributed by atoms with Crippen LogP contribution in [0.25, 0.3) is 0 Å². The number of hydrogen-bond donors (Lipinski definition) is 2. The Morgan fingerprint density at radius 2 is 2.25 bits per heavy atom. The summed E-state index contributed by atoms with van der Waals surface area (Å²) in [4.78, 5) is 16.3. The number of benzene rings is 1. The van der Waals surface area contributed by atoms with E-state index in [1.54, 1.807) is 24.4 Å². The molecule has 2 rings (SSSR count). The summed E-state index contributed by atoms with van der Waals surface area (Å²) in [6.07, 6.45) is 2.64. The molecule has 1 heterocycles. The third kappa shape index (κ3) is 5.85. The molecule has 1 aromatic heterocycles. The molecule has 2 N–H and O–H groups in total. The zero-order valence-electron chi connectivity index (χ0n) is 13.3. The summed E-state index contributed by atoms with van der Waals surface area (Å²) in [5.74, 6) is 1.01. The Bertz CT molecular complexity index is 705. The Labute approximate surface area is 159 Å². The second-order valence-electron chi connectivity index (χ2n) is 5.42. The van der Waals surface area contributed by atoms with Crippen LogP contribution in [0.15, 0.2) is 34.2 Å². The minimum Gasteiger partial charge on any atom is -0.492 e. The van der Waals surface area contributed by atoms with E-state index in [2.05, 4.69) is 45.4 Å². The van der Waals surface area contributed by atoms with Crippen molar-refractivity contribution in [3.8, 4) is 5.75 Å². The Morgan fingerprint density at radius 3 is 2.88 bits per heavy atom. The van der Waals surface area contributed by atoms with Crippen LogP contribution in [0.1, 0.15) is 30.6 Å². The van der Waals surface area contributed by atoms with Gasteiger partial charge in [0.05, 0.1) is 11.1 Å². The van der Waals surface area contributed by atoms with Gasteiger partial charge in [-0.05, 0) is 58.7 Å². The van der Waals surface area contributed by atoms with Gasteiger partial charge in [0.2, 0.25) is 0 Å². The van der Waals surface area contributed by atoms with Crippen molar-refractivity contribution in [3.05, 3.63) is 39.8 Å². The quantitative estimate of drug-likeness (QED) is 0.666. The first kappa shape index (κ1) is 18.8. The van der Waals surface area contributed by atoms with E-state index >= 15 is 0 Å². The molecule has 5 nitrogen and oxygen atoms in total. The molecule has 0 spiro atoms. The van der Waals surface area contributed by atoms with Gasteiger partial charge in [-0.3, -0.25) is 10.1 Å². The number of nitrogens with zero attached hydrogens (tertiary/aromatic N) is 1. The molecule has 2 aromatic rings. The Hall–Kier alpha value is -1.51. The van der Waals surface area contributed by atoms with Crippen LogP contribution in [0.3, 0.4) is 0 Å². The first-order chi connectivity index (χ1) is 11.5. The first-order valence-corrected chi connectivity index (χ1v) is 9.48. The van der Waals surface area contributed by atoms with Crippen LogP contribution in [0.2, 0.25) is 0 Å². The summed E-state index contributed by atoms with van der Waals surface area (Å²) in [6, 6.07) is 5.19. The number of rotatable bonds is 6. The minimum absolute atomic E-state index is 0.211. The largest absolute Gasteiger partial charge is 0.492 e. The fourth-order valence-electron chi connectivity index (χ4n) is 1.75. The molecule has 0 saturated carbocycles. The van der Waals surface area contributed by atoms with Crippen LogP contribution in [0.4, 0.5) is 5.13 Å². The molecule has 24 heavy (non-hydrogen) atoms. The Morgan fingerprint density at radius 1 is 1.46 bits per heavy atom. The highest BCUT2D eigenvalue weighted by molar-refractivity contribution is 9.10. The summed E-state index contributed by atoms with van der Waals surface area (Å²) in [6.45, 7) is 4.94. The number of hydrogen-bond acceptors (Lipinski definition) is 5. The van der Waals surface area contributed by atoms with Crippen molar-refractivity contribution >= 4 is 55.6 Å². The molecular formula is C16H18BrN3O2S2. The van der Waals surface area contributed by atoms with Crippen molar-refractivity contribution in [3.63, 3.8) is 0 Å². The monoisotopic (exact) mass is 427 g/mol. The molecule has 1 aromatic carbocycles. The third-order valence-electron chi connectivity index (χ3n) is 3.03. The van der Waals surface area contributed by atoms with Gasteiger partial charge in [0.1, 0.15) is 5.75 Å². The molecule has 0 unspecified atom stereocenters. The number of halogens is 1. The SMILES string of the molecule is CC(C)CCOc1ccc(C(=O)NC(=S)Nc2nccs2)cc1Br. The summed E-state index contributed by atoms with van der Waals surface area (Å²) < 4.78 is 6.44. The topological polar surface area (TPSA) is 63.2 Å². The van der Waals surface area contributed by atoms with Gasteiger partial charge in [0, 0.05) is 17.1 Å². The number of aromatic nitrogens is 1. The molecular weight excluding hydrogens is 410 g/mol. The number of amides is 1. The highest BCUT2D eigenvalue weighted by Crippen LogP contribution is 2.26. The van der Waals surface area contributed by atoms with Gasteiger partial charge < -0.3 is 10.1 Å². The Balaban J connectivity index is 1.92. The maximum atomic E-state index is 12.2. The molecule has 0 bridgehead atoms. The number of thiocarbonyl (C=S) groups is 1. The van der Waals surface area contributed by atoms with Crippen molar-refractivity contribution in [1.29, 1.82) is 0 Å². The zero-order chi connectivity index (χ0) is 17.5. The Kier molecular flexibility index (Phi) is 7.14. The van der Waals surface area contributed by atoms with E-state index < -0.39 is 0 Å². The van der Waals surface area contributed by atoms with Crippen LogP contribution in [-0.4, -0.2) is 22.6 Å². The molecule has 0 atom stereocenters. The van der Waals surface area contributed by atoms with Crippen LogP contribution in [0.5, 0.6) is 5.75 Å². The molecule has 128 valence electrons. The predicted molar refractivity (Wildman–Crippen MR) is 105 cm³/mol. The number of carbonyl (C=O) groups excluding carboxylic acids is 1. The molecule has 1 amide bonds. The second-order valence-corrected chi connectivity index (χ2v) is 7.58. The molecule has 0 fully saturated rings. The van der Waals surface area contributed by atoms with Crippen molar-refractivity contribution in [2.75, 3.05) is 11.9 Å². The summed E-state index contributed by atoms with van der Waals surface area (Å²) >= 11 is 9.94. The van der Waals surface area contributed by atoms with E-state index in [1.165, 1.54) is 11.3 Å². The molecule has 8 heteroatoms. The van der Waals surface area contributed by atoms with E-state index in [0.717, 1.165) is 16.6 Å². The number of anilines is 1. The number of nitrogens with one attached hydrogen (secondary N) is 2. The average molecular weight is 428 g/mol. The summed E-state index contributed by atoms with van der Waals surface area (Å²) in [5, 5.41) is 8.15. The standard InChI is InChI=1S/C16H18BrN3O2S2/c1-10(2)5-7-22-13-4-3-11(9-12(13)17)14(21)19-15(23)20-16-18-6-8-24-16/h3-4,6,8-10H,5,7H2,1-2H3,(H2,18,19,20,21,23). The number of carbonyl (C=O) groups is 1. The highest BCUT2D eigenvalue weighted by atomic mass is 79.9. The first-order valence-electron chi connectivity index (χ1n) is 7.40. The zero-order valence-corrected chi connectivity index (χ0v) is 16.6. The van der Waals surface area contributed by atoms with Crippen molar-refractivity contribution in [2.45, 2.75) is 20.3 Å². The van der Waals surface area contributed by atoms with Gasteiger partial charge in [-0.15, -0.1) is 11.3 Å². The maximum Gasteiger partial charge on any atom is 0.257 e. The smallest absolute Gasteiger partial charge is 0.257 e. The van der Waals surface area contributed by atoms with E-state index in [-0.39, 0.29) is 11.0 Å². The molecule has 0 aliphatic carbocycles. The average Bonchev–Trinajstić information content (AvgIpc) is 3.01. The normalized spacial score (nSPS) is 10.5. The lowest BCUT2D eigenvalue weighted by Crippen LogP contribution is -2.34. The predicted octanol–water partition coefficient (Wildman–Crippen LogP) is 4.46. The summed E-state index contributed by atoms with van der Waals surface area (Å²) in [5.41, 5.74) is 0.487. The lowest BCUT2D eigenvalue weighted by molar-refractivity contribution is 0.0977.